The molecule has 0 aromatic heterocycles. The second-order valence-corrected chi connectivity index (χ2v) is 11.1. The maximum atomic E-state index is 12.7. The van der Waals surface area contributed by atoms with E-state index in [9.17, 15) is 18.0 Å². The highest BCUT2D eigenvalue weighted by Gasteiger charge is 2.32. The number of hydrazine groups is 1. The fraction of sp³-hybridized carbons (Fsp3) is 0.300. The van der Waals surface area contributed by atoms with Crippen LogP contribution in [-0.2, 0) is 6.42 Å². The second-order valence-electron chi connectivity index (χ2n) is 10.1. The Hall–Kier alpha value is -4.03. The van der Waals surface area contributed by atoms with Crippen molar-refractivity contribution >= 4 is 40.7 Å². The molecule has 42 heavy (non-hydrogen) atoms. The number of carbonyl (C=O) groups excluding carboxylic acids is 1. The number of urea groups is 1. The molecule has 5 rings (SSSR count). The van der Waals surface area contributed by atoms with Crippen LogP contribution in [0.15, 0.2) is 76.7 Å². The van der Waals surface area contributed by atoms with Crippen LogP contribution < -0.4 is 25.4 Å². The predicted octanol–water partition coefficient (Wildman–Crippen LogP) is 6.50. The summed E-state index contributed by atoms with van der Waals surface area (Å²) in [4.78, 5) is 23.7. The van der Waals surface area contributed by atoms with Crippen molar-refractivity contribution in [1.82, 2.24) is 10.7 Å². The maximum Gasteiger partial charge on any atom is 0.573 e. The van der Waals surface area contributed by atoms with Gasteiger partial charge in [-0.1, -0.05) is 54.2 Å². The molecule has 0 aliphatic carbocycles. The van der Waals surface area contributed by atoms with E-state index in [-0.39, 0.29) is 24.0 Å². The number of benzene rings is 3. The Kier molecular flexibility index (Phi) is 8.74. The third kappa shape index (κ3) is 7.05. The lowest BCUT2D eigenvalue weighted by atomic mass is 10.1. The highest BCUT2D eigenvalue weighted by molar-refractivity contribution is 8.14. The molecule has 2 aliphatic heterocycles. The van der Waals surface area contributed by atoms with Crippen LogP contribution in [0.3, 0.4) is 0 Å². The number of nitrogens with one attached hydrogen (secondary N) is 2. The molecule has 0 radical (unpaired) electrons. The molecule has 0 bridgehead atoms. The molecule has 2 N–H and O–H groups in total. The zero-order valence-corrected chi connectivity index (χ0v) is 24.2. The number of para-hydroxylation sites is 1. The minimum absolute atomic E-state index is 0.240. The number of carbonyl (C=O) groups is 1. The third-order valence-electron chi connectivity index (χ3n) is 6.90. The molecule has 3 aromatic rings. The van der Waals surface area contributed by atoms with Crippen LogP contribution >= 0.6 is 11.8 Å². The monoisotopic (exact) mass is 596 g/mol. The van der Waals surface area contributed by atoms with Gasteiger partial charge in [0.15, 0.2) is 5.17 Å². The fourth-order valence-electron chi connectivity index (χ4n) is 4.86. The molecule has 2 unspecified atom stereocenters. The molecule has 220 valence electrons. The number of hydrogen-bond acceptors (Lipinski definition) is 6. The number of aryl methyl sites for hydroxylation is 2. The molecule has 12 heteroatoms. The van der Waals surface area contributed by atoms with Crippen molar-refractivity contribution in [2.24, 2.45) is 9.98 Å². The maximum absolute atomic E-state index is 12.7. The minimum atomic E-state index is -4.73. The number of halogens is 3. The summed E-state index contributed by atoms with van der Waals surface area (Å²) in [5, 5.41) is 5.25. The quantitative estimate of drug-likeness (QED) is 0.324. The minimum Gasteiger partial charge on any atom is -0.406 e. The average Bonchev–Trinajstić information content (AvgIpc) is 3.56. The number of amidine groups is 1. The van der Waals surface area contributed by atoms with Crippen LogP contribution in [0.1, 0.15) is 35.3 Å². The van der Waals surface area contributed by atoms with Gasteiger partial charge in [0.2, 0.25) is 0 Å². The Balaban J connectivity index is 1.12. The summed E-state index contributed by atoms with van der Waals surface area (Å²) >= 11 is 1.59. The molecule has 2 amide bonds. The van der Waals surface area contributed by atoms with Crippen molar-refractivity contribution in [1.29, 1.82) is 0 Å². The first kappa shape index (κ1) is 29.5. The van der Waals surface area contributed by atoms with Crippen molar-refractivity contribution in [3.8, 4) is 5.75 Å². The number of hydrogen-bond donors (Lipinski definition) is 2. The summed E-state index contributed by atoms with van der Waals surface area (Å²) in [6.07, 6.45) is -2.85. The standard InChI is InChI=1S/C30H31F3N6O2S/c1-19-5-4-6-20(2)26(19)39-21(3)17-42-29(39)36-28(40)34-16-15-22-7-9-23(10-8-22)27-35-18-38(37-27)24-11-13-25(14-12-24)41-30(31,32)33/h4-14,18,21,27,37H,15-17H2,1-3H3,(H,34,40)/b36-29-. The number of rotatable bonds is 7. The van der Waals surface area contributed by atoms with E-state index in [0.29, 0.717) is 23.8 Å². The number of ether oxygens (including phenoxy) is 1. The van der Waals surface area contributed by atoms with Gasteiger partial charge in [0.25, 0.3) is 0 Å². The molecular weight excluding hydrogens is 565 g/mol. The smallest absolute Gasteiger partial charge is 0.406 e. The normalized spacial score (nSPS) is 19.5. The Morgan fingerprint density at radius 2 is 1.79 bits per heavy atom. The van der Waals surface area contributed by atoms with Gasteiger partial charge < -0.3 is 15.0 Å². The highest BCUT2D eigenvalue weighted by Crippen LogP contribution is 2.34. The molecule has 2 aliphatic rings. The lowest BCUT2D eigenvalue weighted by Gasteiger charge is -2.26. The average molecular weight is 597 g/mol. The van der Waals surface area contributed by atoms with Gasteiger partial charge in [-0.05, 0) is 73.7 Å². The number of thioether (sulfide) groups is 1. The van der Waals surface area contributed by atoms with Crippen LogP contribution in [0.5, 0.6) is 5.75 Å². The van der Waals surface area contributed by atoms with Crippen molar-refractivity contribution < 1.29 is 22.7 Å². The molecule has 0 spiro atoms. The first-order valence-corrected chi connectivity index (χ1v) is 14.4. The summed E-state index contributed by atoms with van der Waals surface area (Å²) in [6.45, 7) is 6.73. The van der Waals surface area contributed by atoms with Crippen molar-refractivity contribution in [3.05, 3.63) is 89.0 Å². The summed E-state index contributed by atoms with van der Waals surface area (Å²) in [7, 11) is 0. The first-order chi connectivity index (χ1) is 20.1. The molecule has 2 heterocycles. The number of aliphatic imine (C=N–C) groups is 2. The van der Waals surface area contributed by atoms with Crippen molar-refractivity contribution in [2.45, 2.75) is 45.8 Å². The van der Waals surface area contributed by atoms with E-state index in [1.54, 1.807) is 23.1 Å². The summed E-state index contributed by atoms with van der Waals surface area (Å²) in [6, 6.07) is 19.5. The van der Waals surface area contributed by atoms with Gasteiger partial charge in [-0.2, -0.15) is 10.4 Å². The lowest BCUT2D eigenvalue weighted by Crippen LogP contribution is -2.34. The highest BCUT2D eigenvalue weighted by atomic mass is 32.2. The van der Waals surface area contributed by atoms with Gasteiger partial charge in [-0.15, -0.1) is 13.2 Å². The Morgan fingerprint density at radius 3 is 2.45 bits per heavy atom. The van der Waals surface area contributed by atoms with E-state index in [4.69, 9.17) is 0 Å². The van der Waals surface area contributed by atoms with Gasteiger partial charge in [0, 0.05) is 24.0 Å². The summed E-state index contributed by atoms with van der Waals surface area (Å²) in [5.41, 5.74) is 9.20. The second kappa shape index (κ2) is 12.5. The number of nitrogens with zero attached hydrogens (tertiary/aromatic N) is 4. The Bertz CT molecular complexity index is 1460. The zero-order valence-electron chi connectivity index (χ0n) is 23.4. The lowest BCUT2D eigenvalue weighted by molar-refractivity contribution is -0.274. The van der Waals surface area contributed by atoms with E-state index in [2.05, 4.69) is 63.3 Å². The van der Waals surface area contributed by atoms with Gasteiger partial charge in [-0.25, -0.2) is 9.79 Å². The van der Waals surface area contributed by atoms with Crippen molar-refractivity contribution in [3.63, 3.8) is 0 Å². The van der Waals surface area contributed by atoms with Crippen LogP contribution in [0, 0.1) is 13.8 Å². The molecule has 2 atom stereocenters. The summed E-state index contributed by atoms with van der Waals surface area (Å²) < 4.78 is 41.1. The summed E-state index contributed by atoms with van der Waals surface area (Å²) in [5.74, 6) is 0.581. The van der Waals surface area contributed by atoms with Gasteiger partial charge in [0.05, 0.1) is 5.69 Å². The van der Waals surface area contributed by atoms with Crippen LogP contribution in [-0.4, -0.2) is 42.2 Å². The molecule has 8 nitrogen and oxygen atoms in total. The number of amides is 2. The first-order valence-electron chi connectivity index (χ1n) is 13.5. The van der Waals surface area contributed by atoms with Gasteiger partial charge in [-0.3, -0.25) is 5.01 Å². The molecule has 1 fully saturated rings. The fourth-order valence-corrected chi connectivity index (χ4v) is 5.96. The van der Waals surface area contributed by atoms with Crippen molar-refractivity contribution in [2.75, 3.05) is 22.2 Å². The largest absolute Gasteiger partial charge is 0.573 e. The predicted molar refractivity (Wildman–Crippen MR) is 161 cm³/mol. The zero-order chi connectivity index (χ0) is 29.9. The number of alkyl halides is 3. The third-order valence-corrected chi connectivity index (χ3v) is 8.10. The van der Waals surface area contributed by atoms with Crippen LogP contribution in [0.2, 0.25) is 0 Å². The van der Waals surface area contributed by atoms with E-state index < -0.39 is 6.36 Å². The van der Waals surface area contributed by atoms with Crippen LogP contribution in [0.4, 0.5) is 29.3 Å². The Morgan fingerprint density at radius 1 is 1.10 bits per heavy atom. The molecule has 1 saturated heterocycles. The van der Waals surface area contributed by atoms with E-state index in [1.165, 1.54) is 24.3 Å². The van der Waals surface area contributed by atoms with E-state index >= 15 is 0 Å². The van der Waals surface area contributed by atoms with Gasteiger partial charge in [0.1, 0.15) is 18.3 Å². The van der Waals surface area contributed by atoms with Crippen LogP contribution in [0.25, 0.3) is 0 Å². The Labute approximate surface area is 246 Å². The van der Waals surface area contributed by atoms with E-state index in [1.807, 2.05) is 30.3 Å². The molecular formula is C30H31F3N6O2S. The molecule has 0 saturated carbocycles. The van der Waals surface area contributed by atoms with E-state index in [0.717, 1.165) is 33.7 Å². The van der Waals surface area contributed by atoms with Gasteiger partial charge >= 0.3 is 12.4 Å². The SMILES string of the molecule is Cc1cccc(C)c1N1/C(=N/C(=O)NCCc2ccc(C3N=CN(c4ccc(OC(F)(F)F)cc4)N3)cc2)SCC1C. The number of anilines is 2. The molecule has 3 aromatic carbocycles. The topological polar surface area (TPSA) is 81.6 Å².